The van der Waals surface area contributed by atoms with Crippen molar-refractivity contribution in [3.05, 3.63) is 172 Å². The van der Waals surface area contributed by atoms with E-state index in [-0.39, 0.29) is 28.1 Å². The third kappa shape index (κ3) is 9.86. The van der Waals surface area contributed by atoms with Gasteiger partial charge in [-0.25, -0.2) is 18.4 Å². The number of piperazine rings is 1. The summed E-state index contributed by atoms with van der Waals surface area (Å²) < 4.78 is 30.2. The molecule has 2 N–H and O–H groups in total. The summed E-state index contributed by atoms with van der Waals surface area (Å²) in [5, 5.41) is 16.9. The van der Waals surface area contributed by atoms with Crippen LogP contribution in [-0.4, -0.2) is 71.2 Å². The number of nitrogens with one attached hydrogen (secondary N) is 2. The van der Waals surface area contributed by atoms with Crippen molar-refractivity contribution in [2.75, 3.05) is 46.9 Å². The van der Waals surface area contributed by atoms with Gasteiger partial charge in [0.05, 0.1) is 15.3 Å². The van der Waals surface area contributed by atoms with Gasteiger partial charge in [-0.3, -0.25) is 24.7 Å². The Morgan fingerprint density at radius 1 is 0.850 bits per heavy atom. The second-order valence-corrected chi connectivity index (χ2v) is 17.6. The van der Waals surface area contributed by atoms with E-state index >= 15 is 0 Å². The Labute approximate surface area is 357 Å². The number of nitro groups is 1. The van der Waals surface area contributed by atoms with Crippen molar-refractivity contribution >= 4 is 67.2 Å². The fourth-order valence-corrected chi connectivity index (χ4v) is 9.44. The van der Waals surface area contributed by atoms with Crippen LogP contribution in [0.1, 0.15) is 11.1 Å². The number of thioether (sulfide) groups is 1. The predicted octanol–water partition coefficient (Wildman–Crippen LogP) is 9.19. The van der Waals surface area contributed by atoms with Crippen molar-refractivity contribution in [1.29, 1.82) is 0 Å². The second-order valence-electron chi connectivity index (χ2n) is 14.4. The number of benzene rings is 5. The molecule has 8 rings (SSSR count). The van der Waals surface area contributed by atoms with Gasteiger partial charge >= 0.3 is 0 Å². The first-order valence-electron chi connectivity index (χ1n) is 19.4. The average Bonchev–Trinajstić information content (AvgIpc) is 3.27. The lowest BCUT2D eigenvalue weighted by Crippen LogP contribution is -2.46. The number of hydrogen-bond acceptors (Lipinski definition) is 11. The molecular formula is C45H41ClN8O4S2. The van der Waals surface area contributed by atoms with Crippen molar-refractivity contribution in [1.82, 2.24) is 19.9 Å². The molecule has 0 aliphatic carbocycles. The van der Waals surface area contributed by atoms with Gasteiger partial charge in [-0.2, -0.15) is 0 Å². The molecule has 12 nitrogen and oxygen atoms in total. The Morgan fingerprint density at radius 2 is 1.63 bits per heavy atom. The summed E-state index contributed by atoms with van der Waals surface area (Å²) in [6, 6.07) is 39.4. The van der Waals surface area contributed by atoms with Gasteiger partial charge in [-0.15, -0.1) is 11.8 Å². The molecule has 304 valence electrons. The topological polar surface area (TPSA) is 146 Å². The molecule has 1 aliphatic rings. The highest BCUT2D eigenvalue weighted by Crippen LogP contribution is 2.33. The van der Waals surface area contributed by atoms with Crippen LogP contribution in [0.3, 0.4) is 0 Å². The van der Waals surface area contributed by atoms with E-state index in [1.165, 1.54) is 29.6 Å². The van der Waals surface area contributed by atoms with E-state index in [4.69, 9.17) is 11.6 Å². The maximum absolute atomic E-state index is 13.8. The smallest absolute Gasteiger partial charge is 0.293 e. The lowest BCUT2D eigenvalue weighted by atomic mass is 9.99. The molecule has 1 atom stereocenters. The van der Waals surface area contributed by atoms with Crippen molar-refractivity contribution in [3.63, 3.8) is 0 Å². The molecule has 1 aliphatic heterocycles. The third-order valence-electron chi connectivity index (χ3n) is 10.4. The van der Waals surface area contributed by atoms with Crippen molar-refractivity contribution in [2.24, 2.45) is 0 Å². The fourth-order valence-electron chi connectivity index (χ4n) is 7.32. The van der Waals surface area contributed by atoms with E-state index in [2.05, 4.69) is 71.2 Å². The van der Waals surface area contributed by atoms with Gasteiger partial charge in [0, 0.05) is 84.0 Å². The first-order valence-corrected chi connectivity index (χ1v) is 22.2. The highest BCUT2D eigenvalue weighted by molar-refractivity contribution is 7.99. The largest absolute Gasteiger partial charge is 0.376 e. The molecule has 2 aromatic heterocycles. The number of pyridine rings is 1. The van der Waals surface area contributed by atoms with Crippen LogP contribution < -0.4 is 14.9 Å². The van der Waals surface area contributed by atoms with Crippen LogP contribution in [0.15, 0.2) is 156 Å². The summed E-state index contributed by atoms with van der Waals surface area (Å²) in [4.78, 5) is 30.3. The fraction of sp³-hybridized carbons (Fsp3) is 0.178. The molecular weight excluding hydrogens is 816 g/mol. The Bertz CT molecular complexity index is 2710. The van der Waals surface area contributed by atoms with Crippen LogP contribution in [-0.2, 0) is 23.0 Å². The molecule has 7 aromatic rings. The monoisotopic (exact) mass is 856 g/mol. The molecule has 15 heteroatoms. The lowest BCUT2D eigenvalue weighted by Gasteiger charge is -2.36. The van der Waals surface area contributed by atoms with Gasteiger partial charge < -0.3 is 10.2 Å². The minimum atomic E-state index is -4.29. The first-order chi connectivity index (χ1) is 29.2. The van der Waals surface area contributed by atoms with Gasteiger partial charge in [0.2, 0.25) is 0 Å². The summed E-state index contributed by atoms with van der Waals surface area (Å²) in [5.74, 6) is 0.673. The number of fused-ring (bicyclic) bond motifs is 1. The zero-order chi connectivity index (χ0) is 41.5. The van der Waals surface area contributed by atoms with Crippen LogP contribution in [0.5, 0.6) is 0 Å². The molecule has 0 spiro atoms. The predicted molar refractivity (Wildman–Crippen MR) is 240 cm³/mol. The third-order valence-corrected chi connectivity index (χ3v) is 13.2. The number of nitrogens with zero attached hydrogens (tertiary/aromatic N) is 6. The Balaban J connectivity index is 0.948. The number of aromatic nitrogens is 3. The number of hydrogen-bond donors (Lipinski definition) is 2. The Hall–Kier alpha value is -6.06. The maximum Gasteiger partial charge on any atom is 0.293 e. The highest BCUT2D eigenvalue weighted by atomic mass is 35.5. The summed E-state index contributed by atoms with van der Waals surface area (Å²) in [6.45, 7) is 4.15. The van der Waals surface area contributed by atoms with Crippen LogP contribution in [0.25, 0.3) is 22.0 Å². The molecule has 0 saturated carbocycles. The maximum atomic E-state index is 13.8. The molecule has 0 bridgehead atoms. The standard InChI is InChI=1S/C45H41ClN8O4S2/c46-35-14-12-33(13-15-35)40-11-5-4-8-34(40)29-52-21-23-53(24-22-52)37-16-18-41-43(26-37)48-31-49-45(41)51-60(57,58)39-17-19-42(44(27-39)54(55)56)50-36(25-32-7-6-20-47-28-32)30-59-38-9-2-1-3-10-38/h1-20,26-28,31,36,50H,21-25,29-30H2,(H,48,49,51). The van der Waals surface area contributed by atoms with E-state index in [9.17, 15) is 18.5 Å². The highest BCUT2D eigenvalue weighted by Gasteiger charge is 2.25. The summed E-state index contributed by atoms with van der Waals surface area (Å²) in [5.41, 5.74) is 5.94. The molecule has 1 saturated heterocycles. The van der Waals surface area contributed by atoms with Crippen LogP contribution in [0, 0.1) is 10.1 Å². The SMILES string of the molecule is O=[N+]([O-])c1cc(S(=O)(=O)Nc2ncnc3cc(N4CCN(Cc5ccccc5-c5ccc(Cl)cc5)CC4)ccc23)ccc1NC(CSc1ccccc1)Cc1cccnc1. The zero-order valence-electron chi connectivity index (χ0n) is 32.4. The van der Waals surface area contributed by atoms with Gasteiger partial charge in [-0.1, -0.05) is 72.3 Å². The van der Waals surface area contributed by atoms with E-state index < -0.39 is 14.9 Å². The Kier molecular flexibility index (Phi) is 12.5. The molecule has 60 heavy (non-hydrogen) atoms. The summed E-state index contributed by atoms with van der Waals surface area (Å²) in [7, 11) is -4.29. The van der Waals surface area contributed by atoms with Gasteiger partial charge in [-0.05, 0) is 89.3 Å². The minimum Gasteiger partial charge on any atom is -0.376 e. The molecule has 0 radical (unpaired) electrons. The first kappa shape index (κ1) is 40.7. The normalized spacial score (nSPS) is 13.8. The average molecular weight is 857 g/mol. The number of sulfonamides is 1. The molecule has 0 amide bonds. The van der Waals surface area contributed by atoms with E-state index in [0.717, 1.165) is 60.5 Å². The number of anilines is 3. The van der Waals surface area contributed by atoms with E-state index in [1.54, 1.807) is 24.2 Å². The Morgan fingerprint density at radius 3 is 2.40 bits per heavy atom. The molecule has 5 aromatic carbocycles. The number of nitro benzene ring substituents is 1. The zero-order valence-corrected chi connectivity index (χ0v) is 34.8. The number of halogens is 1. The molecule has 3 heterocycles. The van der Waals surface area contributed by atoms with E-state index in [1.807, 2.05) is 72.8 Å². The minimum absolute atomic E-state index is 0.0787. The second kappa shape index (κ2) is 18.5. The lowest BCUT2D eigenvalue weighted by molar-refractivity contribution is -0.384. The summed E-state index contributed by atoms with van der Waals surface area (Å²) >= 11 is 7.76. The molecule has 1 unspecified atom stereocenters. The van der Waals surface area contributed by atoms with Gasteiger partial charge in [0.1, 0.15) is 12.0 Å². The van der Waals surface area contributed by atoms with Crippen molar-refractivity contribution in [2.45, 2.75) is 28.8 Å². The quantitative estimate of drug-likeness (QED) is 0.0578. The van der Waals surface area contributed by atoms with Gasteiger partial charge in [0.25, 0.3) is 15.7 Å². The van der Waals surface area contributed by atoms with Crippen LogP contribution in [0.4, 0.5) is 22.9 Å². The van der Waals surface area contributed by atoms with Crippen molar-refractivity contribution in [3.8, 4) is 11.1 Å². The molecule has 1 fully saturated rings. The van der Waals surface area contributed by atoms with Crippen LogP contribution >= 0.6 is 23.4 Å². The van der Waals surface area contributed by atoms with Crippen LogP contribution in [0.2, 0.25) is 5.02 Å². The van der Waals surface area contributed by atoms with E-state index in [0.29, 0.717) is 28.1 Å². The number of rotatable bonds is 15. The summed E-state index contributed by atoms with van der Waals surface area (Å²) in [6.07, 6.45) is 5.32. The van der Waals surface area contributed by atoms with Gasteiger partial charge in [0.15, 0.2) is 5.82 Å². The van der Waals surface area contributed by atoms with Crippen molar-refractivity contribution < 1.29 is 13.3 Å².